The van der Waals surface area contributed by atoms with E-state index in [0.717, 1.165) is 0 Å². The maximum Gasteiger partial charge on any atom is 2.00 e. The first-order chi connectivity index (χ1) is 8.54. The monoisotopic (exact) mass is 346 g/mol. The van der Waals surface area contributed by atoms with Gasteiger partial charge in [-0.05, 0) is 12.8 Å². The molecule has 0 radical (unpaired) electrons. The van der Waals surface area contributed by atoms with E-state index >= 15 is 0 Å². The quantitative estimate of drug-likeness (QED) is 0.713. The predicted molar refractivity (Wildman–Crippen MR) is 73.3 cm³/mol. The Kier molecular flexibility index (Phi) is 26.7. The van der Waals surface area contributed by atoms with Crippen molar-refractivity contribution in [1.29, 1.82) is 0 Å². The topological polar surface area (TPSA) is 80.3 Å². The molecule has 0 unspecified atom stereocenters. The van der Waals surface area contributed by atoms with Crippen molar-refractivity contribution >= 4 is 57.4 Å². The fraction of sp³-hybridized carbons (Fsp3) is 0.857. The Morgan fingerprint density at radius 1 is 0.737 bits per heavy atom. The van der Waals surface area contributed by atoms with Gasteiger partial charge in [0.05, 0.1) is 0 Å². The van der Waals surface area contributed by atoms with Crippen molar-refractivity contribution in [3.63, 3.8) is 0 Å². The van der Waals surface area contributed by atoms with E-state index in [1.807, 2.05) is 0 Å². The van der Waals surface area contributed by atoms with Gasteiger partial charge >= 0.3 is 45.5 Å². The maximum absolute atomic E-state index is 9.49. The summed E-state index contributed by atoms with van der Waals surface area (Å²) in [4.78, 5) is 19.0. The van der Waals surface area contributed by atoms with Gasteiger partial charge in [-0.25, -0.2) is 0 Å². The molecule has 5 heteroatoms. The van der Waals surface area contributed by atoms with Crippen LogP contribution in [0.1, 0.15) is 78.1 Å². The zero-order valence-corrected chi connectivity index (χ0v) is 15.9. The molecule has 0 aliphatic heterocycles. The standard InChI is InChI=1S/C6H12.2C4H8O2.Sr/c1-2-4-6-5-3-1;2*1-2-3-4(5)6;/h1-6H2;2*2-3H2,1H3,(H,5,6);/q;;;+2/p-2. The number of carboxylic acid groups (broad SMARTS) is 2. The average molecular weight is 346 g/mol. The number of carbonyl (C=O) groups is 2. The van der Waals surface area contributed by atoms with Crippen LogP contribution in [0.3, 0.4) is 0 Å². The summed E-state index contributed by atoms with van der Waals surface area (Å²) in [5, 5.41) is 19.0. The third-order valence-corrected chi connectivity index (χ3v) is 2.41. The van der Waals surface area contributed by atoms with Gasteiger partial charge in [0.1, 0.15) is 0 Å². The van der Waals surface area contributed by atoms with Gasteiger partial charge in [0.25, 0.3) is 0 Å². The van der Waals surface area contributed by atoms with E-state index < -0.39 is 11.9 Å². The number of carboxylic acids is 2. The summed E-state index contributed by atoms with van der Waals surface area (Å²) >= 11 is 0. The smallest absolute Gasteiger partial charge is 0.550 e. The van der Waals surface area contributed by atoms with Crippen molar-refractivity contribution in [2.24, 2.45) is 0 Å². The molecule has 0 atom stereocenters. The molecule has 0 heterocycles. The van der Waals surface area contributed by atoms with E-state index in [9.17, 15) is 19.8 Å². The van der Waals surface area contributed by atoms with Crippen LogP contribution in [0.25, 0.3) is 0 Å². The maximum atomic E-state index is 9.49. The number of aliphatic carboxylic acids is 2. The first-order valence-electron chi connectivity index (χ1n) is 6.94. The molecule has 0 amide bonds. The Morgan fingerprint density at radius 3 is 1.00 bits per heavy atom. The Balaban J connectivity index is -0.000000197. The van der Waals surface area contributed by atoms with E-state index in [-0.39, 0.29) is 58.3 Å². The molecule has 0 aromatic heterocycles. The summed E-state index contributed by atoms with van der Waals surface area (Å²) in [5.41, 5.74) is 0. The van der Waals surface area contributed by atoms with E-state index in [2.05, 4.69) is 0 Å². The van der Waals surface area contributed by atoms with E-state index in [0.29, 0.717) is 12.8 Å². The molecule has 1 aliphatic rings. The SMILES string of the molecule is C1CCCCC1.CCCC(=O)[O-].CCCC(=O)[O-].[Sr+2]. The molecule has 1 fully saturated rings. The molecule has 4 nitrogen and oxygen atoms in total. The van der Waals surface area contributed by atoms with Gasteiger partial charge in [-0.1, -0.05) is 65.2 Å². The molecular formula is C14H26O4Sr. The van der Waals surface area contributed by atoms with E-state index in [1.165, 1.54) is 38.5 Å². The molecule has 0 N–H and O–H groups in total. The van der Waals surface area contributed by atoms with Crippen LogP contribution in [0.2, 0.25) is 0 Å². The Bertz CT molecular complexity index is 176. The molecule has 0 aromatic rings. The summed E-state index contributed by atoms with van der Waals surface area (Å²) in [6, 6.07) is 0. The van der Waals surface area contributed by atoms with Crippen LogP contribution in [0.4, 0.5) is 0 Å². The largest absolute Gasteiger partial charge is 2.00 e. The van der Waals surface area contributed by atoms with E-state index in [1.54, 1.807) is 13.8 Å². The molecule has 1 rings (SSSR count). The fourth-order valence-corrected chi connectivity index (χ4v) is 1.47. The molecule has 0 saturated heterocycles. The Labute approximate surface area is 154 Å². The van der Waals surface area contributed by atoms with Gasteiger partial charge in [0.2, 0.25) is 0 Å². The third-order valence-electron chi connectivity index (χ3n) is 2.41. The second-order valence-electron chi connectivity index (χ2n) is 4.37. The Hall–Kier alpha value is 0.421. The van der Waals surface area contributed by atoms with Crippen LogP contribution < -0.4 is 10.2 Å². The molecule has 0 aromatic carbocycles. The van der Waals surface area contributed by atoms with E-state index in [4.69, 9.17) is 0 Å². The van der Waals surface area contributed by atoms with Crippen LogP contribution in [-0.2, 0) is 9.59 Å². The number of hydrogen-bond donors (Lipinski definition) is 0. The first kappa shape index (κ1) is 24.4. The second kappa shape index (κ2) is 20.7. The Morgan fingerprint density at radius 2 is 0.947 bits per heavy atom. The minimum atomic E-state index is -0.961. The fourth-order valence-electron chi connectivity index (χ4n) is 1.47. The summed E-state index contributed by atoms with van der Waals surface area (Å²) in [5.74, 6) is -1.92. The minimum Gasteiger partial charge on any atom is -0.550 e. The number of rotatable bonds is 4. The predicted octanol–water partition coefficient (Wildman–Crippen LogP) is 1.03. The molecule has 108 valence electrons. The van der Waals surface area contributed by atoms with Crippen molar-refractivity contribution in [2.45, 2.75) is 78.1 Å². The average Bonchev–Trinajstić information content (AvgIpc) is 2.32. The van der Waals surface area contributed by atoms with Crippen LogP contribution in [0.15, 0.2) is 0 Å². The molecule has 1 saturated carbocycles. The van der Waals surface area contributed by atoms with Gasteiger partial charge in [-0.15, -0.1) is 0 Å². The number of hydrogen-bond acceptors (Lipinski definition) is 4. The molecular weight excluding hydrogens is 320 g/mol. The van der Waals surface area contributed by atoms with Gasteiger partial charge in [-0.3, -0.25) is 0 Å². The zero-order valence-electron chi connectivity index (χ0n) is 12.4. The van der Waals surface area contributed by atoms with Crippen LogP contribution in [0.5, 0.6) is 0 Å². The van der Waals surface area contributed by atoms with Crippen molar-refractivity contribution in [1.82, 2.24) is 0 Å². The molecule has 19 heavy (non-hydrogen) atoms. The van der Waals surface area contributed by atoms with Gasteiger partial charge in [-0.2, -0.15) is 0 Å². The second-order valence-corrected chi connectivity index (χ2v) is 4.37. The van der Waals surface area contributed by atoms with Gasteiger partial charge < -0.3 is 19.8 Å². The van der Waals surface area contributed by atoms with Gasteiger partial charge in [0.15, 0.2) is 0 Å². The van der Waals surface area contributed by atoms with Crippen LogP contribution in [-0.4, -0.2) is 57.4 Å². The number of carbonyl (C=O) groups excluding carboxylic acids is 2. The summed E-state index contributed by atoms with van der Waals surface area (Å²) in [6.45, 7) is 3.60. The first-order valence-corrected chi connectivity index (χ1v) is 6.94. The van der Waals surface area contributed by atoms with Crippen molar-refractivity contribution < 1.29 is 19.8 Å². The molecule has 0 spiro atoms. The van der Waals surface area contributed by atoms with Crippen LogP contribution >= 0.6 is 0 Å². The normalized spacial score (nSPS) is 12.7. The van der Waals surface area contributed by atoms with Gasteiger partial charge in [0, 0.05) is 11.9 Å². The van der Waals surface area contributed by atoms with Crippen molar-refractivity contribution in [2.75, 3.05) is 0 Å². The van der Waals surface area contributed by atoms with Crippen LogP contribution in [0, 0.1) is 0 Å². The minimum absolute atomic E-state index is 0. The summed E-state index contributed by atoms with van der Waals surface area (Å²) < 4.78 is 0. The third kappa shape index (κ3) is 32.2. The van der Waals surface area contributed by atoms with Crippen molar-refractivity contribution in [3.05, 3.63) is 0 Å². The molecule has 1 aliphatic carbocycles. The zero-order chi connectivity index (χ0) is 14.2. The van der Waals surface area contributed by atoms with Crippen molar-refractivity contribution in [3.8, 4) is 0 Å². The summed E-state index contributed by atoms with van der Waals surface area (Å²) in [7, 11) is 0. The molecule has 0 bridgehead atoms. The summed E-state index contributed by atoms with van der Waals surface area (Å²) in [6.07, 6.45) is 10.7.